The van der Waals surface area contributed by atoms with Crippen molar-refractivity contribution < 1.29 is 0 Å². The first-order valence-electron chi connectivity index (χ1n) is 6.37. The van der Waals surface area contributed by atoms with Crippen LogP contribution in [0.2, 0.25) is 0 Å². The smallest absolute Gasteiger partial charge is 0.153 e. The first kappa shape index (κ1) is 12.2. The Morgan fingerprint density at radius 3 is 2.55 bits per heavy atom. The average Bonchev–Trinajstić information content (AvgIpc) is 3.02. The number of rotatable bonds is 4. The topological polar surface area (TPSA) is 65.6 Å². The summed E-state index contributed by atoms with van der Waals surface area (Å²) in [6.45, 7) is 0. The molecule has 100 valence electrons. The summed E-state index contributed by atoms with van der Waals surface area (Å²) in [6.07, 6.45) is 1.87. The number of nitrogens with one attached hydrogen (secondary N) is 3. The molecule has 5 heteroatoms. The lowest BCUT2D eigenvalue weighted by Gasteiger charge is -2.07. The summed E-state index contributed by atoms with van der Waals surface area (Å²) in [5.41, 5.74) is 3.80. The van der Waals surface area contributed by atoms with E-state index in [2.05, 4.69) is 25.8 Å². The van der Waals surface area contributed by atoms with Crippen molar-refractivity contribution >= 4 is 17.2 Å². The quantitative estimate of drug-likeness (QED) is 0.677. The molecule has 0 saturated heterocycles. The van der Waals surface area contributed by atoms with Crippen LogP contribution in [0.4, 0.5) is 17.2 Å². The van der Waals surface area contributed by atoms with Crippen molar-refractivity contribution in [1.29, 1.82) is 0 Å². The fraction of sp³-hybridized carbons (Fsp3) is 0.0667. The lowest BCUT2D eigenvalue weighted by Crippen LogP contribution is -1.97. The normalized spacial score (nSPS) is 10.2. The highest BCUT2D eigenvalue weighted by Gasteiger charge is 2.02. The molecule has 0 fully saturated rings. The van der Waals surface area contributed by atoms with Gasteiger partial charge in [-0.2, -0.15) is 0 Å². The van der Waals surface area contributed by atoms with E-state index in [1.807, 2.05) is 61.8 Å². The molecule has 0 spiro atoms. The molecule has 0 radical (unpaired) electrons. The van der Waals surface area contributed by atoms with Crippen LogP contribution in [-0.2, 0) is 0 Å². The van der Waals surface area contributed by atoms with Crippen molar-refractivity contribution in [3.63, 3.8) is 0 Å². The molecule has 3 N–H and O–H groups in total. The highest BCUT2D eigenvalue weighted by atomic mass is 15.2. The number of hydrogen-bond acceptors (Lipinski definition) is 4. The molecular formula is C15H15N5. The van der Waals surface area contributed by atoms with E-state index >= 15 is 0 Å². The molecule has 0 aliphatic rings. The van der Waals surface area contributed by atoms with Crippen LogP contribution in [0.25, 0.3) is 11.4 Å². The predicted octanol–water partition coefficient (Wildman–Crippen LogP) is 3.26. The van der Waals surface area contributed by atoms with Crippen LogP contribution in [0.5, 0.6) is 0 Å². The first-order valence-corrected chi connectivity index (χ1v) is 6.37. The SMILES string of the molecule is CNc1cccc(Nc2ccc(-c3ccc[nH]3)nn2)c1. The van der Waals surface area contributed by atoms with Crippen LogP contribution in [0.3, 0.4) is 0 Å². The molecule has 0 atom stereocenters. The Morgan fingerprint density at radius 2 is 1.85 bits per heavy atom. The number of anilines is 3. The predicted molar refractivity (Wildman–Crippen MR) is 81.1 cm³/mol. The van der Waals surface area contributed by atoms with Crippen molar-refractivity contribution in [1.82, 2.24) is 15.2 Å². The molecule has 0 bridgehead atoms. The Kier molecular flexibility index (Phi) is 3.33. The van der Waals surface area contributed by atoms with E-state index in [-0.39, 0.29) is 0 Å². The lowest BCUT2D eigenvalue weighted by molar-refractivity contribution is 1.04. The van der Waals surface area contributed by atoms with Gasteiger partial charge in [-0.15, -0.1) is 10.2 Å². The highest BCUT2D eigenvalue weighted by molar-refractivity contribution is 5.63. The van der Waals surface area contributed by atoms with Crippen LogP contribution in [0.1, 0.15) is 0 Å². The van der Waals surface area contributed by atoms with E-state index in [0.29, 0.717) is 5.82 Å². The minimum Gasteiger partial charge on any atom is -0.388 e. The summed E-state index contributed by atoms with van der Waals surface area (Å²) in [4.78, 5) is 3.11. The van der Waals surface area contributed by atoms with Crippen LogP contribution in [0.15, 0.2) is 54.7 Å². The Morgan fingerprint density at radius 1 is 0.950 bits per heavy atom. The summed E-state index contributed by atoms with van der Waals surface area (Å²) >= 11 is 0. The van der Waals surface area contributed by atoms with Gasteiger partial charge in [0.1, 0.15) is 5.69 Å². The van der Waals surface area contributed by atoms with E-state index in [1.54, 1.807) is 0 Å². The van der Waals surface area contributed by atoms with Crippen LogP contribution < -0.4 is 10.6 Å². The zero-order valence-corrected chi connectivity index (χ0v) is 11.1. The minimum absolute atomic E-state index is 0.716. The summed E-state index contributed by atoms with van der Waals surface area (Å²) < 4.78 is 0. The highest BCUT2D eigenvalue weighted by Crippen LogP contribution is 2.19. The van der Waals surface area contributed by atoms with E-state index in [4.69, 9.17) is 0 Å². The number of aromatic amines is 1. The van der Waals surface area contributed by atoms with Gasteiger partial charge in [0, 0.05) is 24.6 Å². The van der Waals surface area contributed by atoms with Crippen molar-refractivity contribution in [3.05, 3.63) is 54.7 Å². The van der Waals surface area contributed by atoms with Gasteiger partial charge < -0.3 is 15.6 Å². The van der Waals surface area contributed by atoms with Gasteiger partial charge in [-0.3, -0.25) is 0 Å². The molecule has 1 aromatic carbocycles. The molecule has 5 nitrogen and oxygen atoms in total. The van der Waals surface area contributed by atoms with Gasteiger partial charge in [0.15, 0.2) is 5.82 Å². The van der Waals surface area contributed by atoms with E-state index in [0.717, 1.165) is 22.8 Å². The zero-order valence-electron chi connectivity index (χ0n) is 11.1. The Balaban J connectivity index is 1.78. The van der Waals surface area contributed by atoms with E-state index < -0.39 is 0 Å². The Bertz CT molecular complexity index is 674. The maximum absolute atomic E-state index is 4.20. The minimum atomic E-state index is 0.716. The molecule has 2 heterocycles. The summed E-state index contributed by atoms with van der Waals surface area (Å²) in [6, 6.07) is 15.7. The van der Waals surface area contributed by atoms with Gasteiger partial charge in [-0.25, -0.2) is 0 Å². The van der Waals surface area contributed by atoms with Gasteiger partial charge >= 0.3 is 0 Å². The van der Waals surface area contributed by atoms with Gasteiger partial charge in [0.25, 0.3) is 0 Å². The Hall–Kier alpha value is -2.82. The van der Waals surface area contributed by atoms with Gasteiger partial charge in [0.2, 0.25) is 0 Å². The number of H-pyrrole nitrogens is 1. The second-order valence-electron chi connectivity index (χ2n) is 4.34. The summed E-state index contributed by atoms with van der Waals surface area (Å²) in [5, 5.41) is 14.7. The number of benzene rings is 1. The Labute approximate surface area is 117 Å². The monoisotopic (exact) mass is 265 g/mol. The molecule has 2 aromatic heterocycles. The summed E-state index contributed by atoms with van der Waals surface area (Å²) in [7, 11) is 1.89. The molecular weight excluding hydrogens is 250 g/mol. The van der Waals surface area contributed by atoms with Gasteiger partial charge in [0.05, 0.1) is 5.69 Å². The molecule has 0 aliphatic carbocycles. The summed E-state index contributed by atoms with van der Waals surface area (Å²) in [5.74, 6) is 0.716. The standard InChI is InChI=1S/C15H15N5/c1-16-11-4-2-5-12(10-11)18-15-8-7-14(19-20-15)13-6-3-9-17-13/h2-10,16-17H,1H3,(H,18,20). The third-order valence-corrected chi connectivity index (χ3v) is 2.96. The van der Waals surface area contributed by atoms with Crippen molar-refractivity contribution in [2.75, 3.05) is 17.7 Å². The van der Waals surface area contributed by atoms with Crippen LogP contribution in [-0.4, -0.2) is 22.2 Å². The third-order valence-electron chi connectivity index (χ3n) is 2.96. The van der Waals surface area contributed by atoms with E-state index in [9.17, 15) is 0 Å². The van der Waals surface area contributed by atoms with Gasteiger partial charge in [-0.05, 0) is 42.5 Å². The second kappa shape index (κ2) is 5.44. The van der Waals surface area contributed by atoms with Crippen molar-refractivity contribution in [2.45, 2.75) is 0 Å². The lowest BCUT2D eigenvalue weighted by atomic mass is 10.2. The largest absolute Gasteiger partial charge is 0.388 e. The number of nitrogens with zero attached hydrogens (tertiary/aromatic N) is 2. The molecule has 0 saturated carbocycles. The van der Waals surface area contributed by atoms with Gasteiger partial charge in [-0.1, -0.05) is 6.07 Å². The zero-order chi connectivity index (χ0) is 13.8. The molecule has 0 amide bonds. The number of aromatic nitrogens is 3. The molecule has 0 aliphatic heterocycles. The fourth-order valence-electron chi connectivity index (χ4n) is 1.93. The second-order valence-corrected chi connectivity index (χ2v) is 4.34. The van der Waals surface area contributed by atoms with E-state index in [1.165, 1.54) is 0 Å². The van der Waals surface area contributed by atoms with Crippen molar-refractivity contribution in [3.8, 4) is 11.4 Å². The maximum Gasteiger partial charge on any atom is 0.153 e. The fourth-order valence-corrected chi connectivity index (χ4v) is 1.93. The number of hydrogen-bond donors (Lipinski definition) is 3. The molecule has 20 heavy (non-hydrogen) atoms. The average molecular weight is 265 g/mol. The van der Waals surface area contributed by atoms with Crippen LogP contribution in [0, 0.1) is 0 Å². The first-order chi connectivity index (χ1) is 9.85. The van der Waals surface area contributed by atoms with Crippen LogP contribution >= 0.6 is 0 Å². The molecule has 3 rings (SSSR count). The van der Waals surface area contributed by atoms with Crippen molar-refractivity contribution in [2.24, 2.45) is 0 Å². The third kappa shape index (κ3) is 2.61. The molecule has 3 aromatic rings. The molecule has 0 unspecified atom stereocenters. The maximum atomic E-state index is 4.20.